The molecule has 2 aromatic carbocycles. The highest BCUT2D eigenvalue weighted by Crippen LogP contribution is 2.24. The maximum absolute atomic E-state index is 12.6. The van der Waals surface area contributed by atoms with Gasteiger partial charge in [-0.3, -0.25) is 9.71 Å². The molecule has 7 heteroatoms. The standard InChI is InChI=1S/C16H16N2O4S/c1-3-11-4-6-12(7-5-11)18-23(20,21)15-9-14-13(8-10(15)2)17-16(19)22-14/h4-9,18H,3H2,1-2H3,(H,17,19). The van der Waals surface area contributed by atoms with Crippen LogP contribution in [0.5, 0.6) is 0 Å². The predicted molar refractivity (Wildman–Crippen MR) is 88.2 cm³/mol. The van der Waals surface area contributed by atoms with Gasteiger partial charge in [0.05, 0.1) is 10.4 Å². The Morgan fingerprint density at radius 1 is 1.17 bits per heavy atom. The van der Waals surface area contributed by atoms with Crippen LogP contribution in [0.2, 0.25) is 0 Å². The van der Waals surface area contributed by atoms with Crippen LogP contribution in [-0.2, 0) is 16.4 Å². The van der Waals surface area contributed by atoms with Crippen molar-refractivity contribution < 1.29 is 12.8 Å². The Labute approximate surface area is 133 Å². The molecule has 1 heterocycles. The second-order valence-corrected chi connectivity index (χ2v) is 6.94. The van der Waals surface area contributed by atoms with E-state index in [-0.39, 0.29) is 10.5 Å². The van der Waals surface area contributed by atoms with E-state index in [1.165, 1.54) is 6.07 Å². The average Bonchev–Trinajstić information content (AvgIpc) is 2.85. The van der Waals surface area contributed by atoms with E-state index in [1.54, 1.807) is 25.1 Å². The molecule has 0 radical (unpaired) electrons. The van der Waals surface area contributed by atoms with Crippen LogP contribution in [0.25, 0.3) is 11.1 Å². The monoisotopic (exact) mass is 332 g/mol. The second-order valence-electron chi connectivity index (χ2n) is 5.28. The van der Waals surface area contributed by atoms with E-state index in [0.29, 0.717) is 16.8 Å². The van der Waals surface area contributed by atoms with Crippen molar-refractivity contribution >= 4 is 26.8 Å². The number of fused-ring (bicyclic) bond motifs is 1. The van der Waals surface area contributed by atoms with Gasteiger partial charge < -0.3 is 4.42 Å². The highest BCUT2D eigenvalue weighted by molar-refractivity contribution is 7.92. The maximum Gasteiger partial charge on any atom is 0.417 e. The van der Waals surface area contributed by atoms with Crippen molar-refractivity contribution in [3.8, 4) is 0 Å². The van der Waals surface area contributed by atoms with Crippen molar-refractivity contribution in [2.45, 2.75) is 25.2 Å². The first-order valence-electron chi connectivity index (χ1n) is 7.14. The van der Waals surface area contributed by atoms with Crippen molar-refractivity contribution in [3.63, 3.8) is 0 Å². The maximum atomic E-state index is 12.6. The molecule has 0 aliphatic carbocycles. The first-order chi connectivity index (χ1) is 10.9. The first-order valence-corrected chi connectivity index (χ1v) is 8.62. The molecular weight excluding hydrogens is 316 g/mol. The van der Waals surface area contributed by atoms with E-state index < -0.39 is 15.8 Å². The lowest BCUT2D eigenvalue weighted by atomic mass is 10.2. The zero-order valence-electron chi connectivity index (χ0n) is 12.7. The Morgan fingerprint density at radius 3 is 2.52 bits per heavy atom. The number of aromatic amines is 1. The summed E-state index contributed by atoms with van der Waals surface area (Å²) < 4.78 is 32.6. The van der Waals surface area contributed by atoms with Gasteiger partial charge in [-0.05, 0) is 42.7 Å². The lowest BCUT2D eigenvalue weighted by Crippen LogP contribution is -2.14. The van der Waals surface area contributed by atoms with Crippen molar-refractivity contribution in [2.75, 3.05) is 4.72 Å². The number of rotatable bonds is 4. The molecule has 120 valence electrons. The lowest BCUT2D eigenvalue weighted by Gasteiger charge is -2.10. The topological polar surface area (TPSA) is 92.2 Å². The van der Waals surface area contributed by atoms with Gasteiger partial charge in [-0.15, -0.1) is 0 Å². The average molecular weight is 332 g/mol. The Bertz CT molecular complexity index is 1010. The number of nitrogens with one attached hydrogen (secondary N) is 2. The number of anilines is 1. The number of H-pyrrole nitrogens is 1. The first kappa shape index (κ1) is 15.4. The molecule has 0 fully saturated rings. The predicted octanol–water partition coefficient (Wildman–Crippen LogP) is 2.79. The van der Waals surface area contributed by atoms with Crippen molar-refractivity contribution in [1.29, 1.82) is 0 Å². The molecule has 2 N–H and O–H groups in total. The van der Waals surface area contributed by atoms with Gasteiger partial charge in [-0.2, -0.15) is 0 Å². The van der Waals surface area contributed by atoms with Gasteiger partial charge in [0.1, 0.15) is 0 Å². The van der Waals surface area contributed by atoms with Gasteiger partial charge in [0.2, 0.25) is 0 Å². The summed E-state index contributed by atoms with van der Waals surface area (Å²) in [4.78, 5) is 13.8. The molecule has 0 saturated heterocycles. The van der Waals surface area contributed by atoms with Gasteiger partial charge in [-0.1, -0.05) is 19.1 Å². The van der Waals surface area contributed by atoms with E-state index in [1.807, 2.05) is 19.1 Å². The largest absolute Gasteiger partial charge is 0.417 e. The fourth-order valence-electron chi connectivity index (χ4n) is 2.40. The van der Waals surface area contributed by atoms with Gasteiger partial charge >= 0.3 is 5.76 Å². The molecule has 0 amide bonds. The molecule has 1 aromatic heterocycles. The minimum Gasteiger partial charge on any atom is -0.408 e. The minimum atomic E-state index is -3.77. The van der Waals surface area contributed by atoms with Gasteiger partial charge in [0, 0.05) is 11.8 Å². The van der Waals surface area contributed by atoms with Crippen LogP contribution in [0.15, 0.2) is 50.5 Å². The molecule has 0 unspecified atom stereocenters. The number of aromatic nitrogens is 1. The highest BCUT2D eigenvalue weighted by Gasteiger charge is 2.19. The third kappa shape index (κ3) is 3.00. The summed E-state index contributed by atoms with van der Waals surface area (Å²) in [6, 6.07) is 10.1. The van der Waals surface area contributed by atoms with Gasteiger partial charge in [0.25, 0.3) is 10.0 Å². The Kier molecular flexibility index (Phi) is 3.73. The number of hydrogen-bond acceptors (Lipinski definition) is 4. The fraction of sp³-hybridized carbons (Fsp3) is 0.188. The van der Waals surface area contributed by atoms with Crippen LogP contribution in [0.4, 0.5) is 5.69 Å². The second kappa shape index (κ2) is 5.58. The molecule has 0 aliphatic rings. The number of sulfonamides is 1. The summed E-state index contributed by atoms with van der Waals surface area (Å²) in [5.41, 5.74) is 2.81. The molecule has 6 nitrogen and oxygen atoms in total. The van der Waals surface area contributed by atoms with Gasteiger partial charge in [-0.25, -0.2) is 13.2 Å². The smallest absolute Gasteiger partial charge is 0.408 e. The van der Waals surface area contributed by atoms with E-state index in [4.69, 9.17) is 4.42 Å². The fourth-order valence-corrected chi connectivity index (χ4v) is 3.70. The van der Waals surface area contributed by atoms with Crippen molar-refractivity contribution in [2.24, 2.45) is 0 Å². The SMILES string of the molecule is CCc1ccc(NS(=O)(=O)c2cc3oc(=O)[nH]c3cc2C)cc1. The number of aryl methyl sites for hydroxylation is 2. The van der Waals surface area contributed by atoms with E-state index in [2.05, 4.69) is 9.71 Å². The molecule has 0 atom stereocenters. The van der Waals surface area contributed by atoms with E-state index >= 15 is 0 Å². The van der Waals surface area contributed by atoms with E-state index in [9.17, 15) is 13.2 Å². The summed E-state index contributed by atoms with van der Waals surface area (Å²) in [6.45, 7) is 3.70. The Morgan fingerprint density at radius 2 is 1.87 bits per heavy atom. The molecule has 0 spiro atoms. The zero-order chi connectivity index (χ0) is 16.6. The molecule has 0 saturated carbocycles. The van der Waals surface area contributed by atoms with Crippen LogP contribution >= 0.6 is 0 Å². The third-order valence-corrected chi connectivity index (χ3v) is 5.14. The normalized spacial score (nSPS) is 11.7. The van der Waals surface area contributed by atoms with Gasteiger partial charge in [0.15, 0.2) is 5.58 Å². The number of benzene rings is 2. The number of oxazole rings is 1. The molecule has 23 heavy (non-hydrogen) atoms. The molecule has 0 bridgehead atoms. The summed E-state index contributed by atoms with van der Waals surface area (Å²) in [5.74, 6) is -0.614. The lowest BCUT2D eigenvalue weighted by molar-refractivity contribution is 0.554. The summed E-state index contributed by atoms with van der Waals surface area (Å²) in [7, 11) is -3.77. The summed E-state index contributed by atoms with van der Waals surface area (Å²) in [6.07, 6.45) is 0.884. The Balaban J connectivity index is 2.01. The highest BCUT2D eigenvalue weighted by atomic mass is 32.2. The van der Waals surface area contributed by atoms with Crippen molar-refractivity contribution in [3.05, 3.63) is 58.1 Å². The van der Waals surface area contributed by atoms with Crippen LogP contribution in [0.1, 0.15) is 18.1 Å². The van der Waals surface area contributed by atoms with Crippen LogP contribution in [0, 0.1) is 6.92 Å². The van der Waals surface area contributed by atoms with Crippen LogP contribution in [-0.4, -0.2) is 13.4 Å². The molecular formula is C16H16N2O4S. The zero-order valence-corrected chi connectivity index (χ0v) is 13.5. The summed E-state index contributed by atoms with van der Waals surface area (Å²) in [5, 5.41) is 0. The third-order valence-electron chi connectivity index (χ3n) is 3.62. The molecule has 3 rings (SSSR count). The van der Waals surface area contributed by atoms with E-state index in [0.717, 1.165) is 12.0 Å². The summed E-state index contributed by atoms with van der Waals surface area (Å²) >= 11 is 0. The minimum absolute atomic E-state index is 0.0762. The molecule has 0 aliphatic heterocycles. The quantitative estimate of drug-likeness (QED) is 0.768. The molecule has 3 aromatic rings. The number of hydrogen-bond donors (Lipinski definition) is 2. The van der Waals surface area contributed by atoms with Crippen molar-refractivity contribution in [1.82, 2.24) is 4.98 Å². The van der Waals surface area contributed by atoms with Crippen LogP contribution in [0.3, 0.4) is 0 Å². The van der Waals surface area contributed by atoms with Crippen LogP contribution < -0.4 is 10.5 Å². The Hall–Kier alpha value is -2.54.